The molecule has 0 spiro atoms. The second-order valence-electron chi connectivity index (χ2n) is 3.07. The number of aryl methyl sites for hydroxylation is 1. The van der Waals surface area contributed by atoms with E-state index >= 15 is 0 Å². The Morgan fingerprint density at radius 3 is 2.38 bits per heavy atom. The van der Waals surface area contributed by atoms with Crippen LogP contribution >= 0.6 is 0 Å². The number of hydrogen-bond donors (Lipinski definition) is 1. The zero-order valence-electron chi connectivity index (χ0n) is 9.30. The fourth-order valence-corrected chi connectivity index (χ4v) is 1.70. The van der Waals surface area contributed by atoms with E-state index < -0.39 is 15.6 Å². The van der Waals surface area contributed by atoms with Crippen molar-refractivity contribution in [1.29, 1.82) is 0 Å². The molecule has 0 amide bonds. The molecule has 0 aliphatic carbocycles. The van der Waals surface area contributed by atoms with Crippen LogP contribution in [0.3, 0.4) is 0 Å². The van der Waals surface area contributed by atoms with Gasteiger partial charge in [-0.05, 0) is 30.2 Å². The van der Waals surface area contributed by atoms with Crippen molar-refractivity contribution in [3.05, 3.63) is 29.3 Å². The summed E-state index contributed by atoms with van der Waals surface area (Å²) in [5, 5.41) is 9.20. The van der Waals surface area contributed by atoms with Crippen LogP contribution in [0, 0.1) is 6.92 Å². The third-order valence-electron chi connectivity index (χ3n) is 1.98. The molecule has 0 aromatic heterocycles. The van der Waals surface area contributed by atoms with E-state index in [4.69, 9.17) is 4.74 Å². The van der Waals surface area contributed by atoms with Crippen LogP contribution in [0.4, 0.5) is 0 Å². The van der Waals surface area contributed by atoms with Crippen LogP contribution in [0.1, 0.15) is 16.6 Å². The van der Waals surface area contributed by atoms with E-state index in [0.29, 0.717) is 11.3 Å². The van der Waals surface area contributed by atoms with Gasteiger partial charge in [0.25, 0.3) is 0 Å². The Hall–Kier alpha value is -0.110. The summed E-state index contributed by atoms with van der Waals surface area (Å²) in [7, 11) is -3.25. The first-order chi connectivity index (χ1) is 6.86. The molecule has 1 N–H and O–H groups in total. The minimum Gasteiger partial charge on any atom is -0.746 e. The maximum Gasteiger partial charge on any atom is 1.00 e. The molecule has 16 heavy (non-hydrogen) atoms. The number of rotatable bonds is 3. The number of benzene rings is 1. The first-order valence-electron chi connectivity index (χ1n) is 4.13. The van der Waals surface area contributed by atoms with Gasteiger partial charge in [-0.15, -0.1) is 0 Å². The summed E-state index contributed by atoms with van der Waals surface area (Å²) in [4.78, 5) is 0. The van der Waals surface area contributed by atoms with Gasteiger partial charge in [0.15, 0.2) is 5.44 Å². The van der Waals surface area contributed by atoms with Gasteiger partial charge < -0.3 is 14.4 Å². The number of aliphatic hydroxyl groups excluding tert-OH is 1. The van der Waals surface area contributed by atoms with E-state index in [0.717, 1.165) is 0 Å². The molecule has 0 aliphatic heterocycles. The molecule has 5 nitrogen and oxygen atoms in total. The minimum atomic E-state index is -4.73. The molecular formula is C9H11NaO5S. The summed E-state index contributed by atoms with van der Waals surface area (Å²) in [6, 6.07) is 4.24. The maximum absolute atomic E-state index is 10.6. The third kappa shape index (κ3) is 3.73. The molecule has 1 atom stereocenters. The Bertz CT molecular complexity index is 457. The van der Waals surface area contributed by atoms with Gasteiger partial charge in [-0.3, -0.25) is 0 Å². The second-order valence-corrected chi connectivity index (χ2v) is 4.51. The molecule has 1 aromatic carbocycles. The summed E-state index contributed by atoms with van der Waals surface area (Å²) < 4.78 is 36.6. The molecule has 0 saturated carbocycles. The van der Waals surface area contributed by atoms with Crippen LogP contribution in [0.5, 0.6) is 5.75 Å². The SMILES string of the molecule is COc1ccc(C(O)S(=O)(=O)[O-])cc1C.[Na+]. The smallest absolute Gasteiger partial charge is 0.746 e. The van der Waals surface area contributed by atoms with Crippen LogP contribution in [0.25, 0.3) is 0 Å². The molecule has 0 fully saturated rings. The van der Waals surface area contributed by atoms with Crippen LogP contribution < -0.4 is 34.3 Å². The predicted octanol–water partition coefficient (Wildman–Crippen LogP) is -2.46. The summed E-state index contributed by atoms with van der Waals surface area (Å²) in [5.74, 6) is 0.564. The first-order valence-corrected chi connectivity index (χ1v) is 5.60. The van der Waals surface area contributed by atoms with Gasteiger partial charge in [-0.1, -0.05) is 6.07 Å². The van der Waals surface area contributed by atoms with Gasteiger partial charge in [-0.2, -0.15) is 0 Å². The molecule has 0 saturated heterocycles. The van der Waals surface area contributed by atoms with Gasteiger partial charge in [0, 0.05) is 0 Å². The Morgan fingerprint density at radius 1 is 1.44 bits per heavy atom. The average Bonchev–Trinajstić information content (AvgIpc) is 2.15. The van der Waals surface area contributed by atoms with Crippen molar-refractivity contribution in [1.82, 2.24) is 0 Å². The number of hydrogen-bond acceptors (Lipinski definition) is 5. The van der Waals surface area contributed by atoms with Crippen LogP contribution in [-0.4, -0.2) is 25.2 Å². The van der Waals surface area contributed by atoms with Crippen molar-refractivity contribution in [2.75, 3.05) is 7.11 Å². The molecular weight excluding hydrogens is 243 g/mol. The predicted molar refractivity (Wildman–Crippen MR) is 52.4 cm³/mol. The van der Waals surface area contributed by atoms with Gasteiger partial charge in [0.1, 0.15) is 15.9 Å². The van der Waals surface area contributed by atoms with Crippen molar-refractivity contribution in [2.24, 2.45) is 0 Å². The van der Waals surface area contributed by atoms with E-state index in [1.165, 1.54) is 25.3 Å². The van der Waals surface area contributed by atoms with E-state index in [1.807, 2.05) is 0 Å². The van der Waals surface area contributed by atoms with Crippen molar-refractivity contribution in [3.63, 3.8) is 0 Å². The standard InChI is InChI=1S/C9H12O5S.Na/c1-6-5-7(3-4-8(6)14-2)9(10)15(11,12)13;/h3-5,9-10H,1-2H3,(H,11,12,13);/q;+1/p-1. The van der Waals surface area contributed by atoms with Crippen LogP contribution in [0.15, 0.2) is 18.2 Å². The second kappa shape index (κ2) is 6.00. The summed E-state index contributed by atoms with van der Waals surface area (Å²) in [5.41, 5.74) is -1.33. The third-order valence-corrected chi connectivity index (χ3v) is 2.80. The molecule has 0 aliphatic rings. The van der Waals surface area contributed by atoms with E-state index in [9.17, 15) is 18.1 Å². The Kier molecular flexibility index (Phi) is 5.95. The maximum atomic E-state index is 10.6. The number of ether oxygens (including phenoxy) is 1. The van der Waals surface area contributed by atoms with Crippen molar-refractivity contribution in [2.45, 2.75) is 12.4 Å². The summed E-state index contributed by atoms with van der Waals surface area (Å²) in [6.45, 7) is 1.69. The summed E-state index contributed by atoms with van der Waals surface area (Å²) >= 11 is 0. The van der Waals surface area contributed by atoms with Crippen molar-refractivity contribution < 1.29 is 52.4 Å². The zero-order valence-corrected chi connectivity index (χ0v) is 12.1. The molecule has 0 bridgehead atoms. The largest absolute Gasteiger partial charge is 1.00 e. The van der Waals surface area contributed by atoms with Crippen LogP contribution in [-0.2, 0) is 10.1 Å². The van der Waals surface area contributed by atoms with Gasteiger partial charge in [0.05, 0.1) is 7.11 Å². The van der Waals surface area contributed by atoms with Crippen molar-refractivity contribution >= 4 is 10.1 Å². The Balaban J connectivity index is 0.00000225. The Labute approximate surface area is 116 Å². The fourth-order valence-electron chi connectivity index (χ4n) is 1.22. The molecule has 0 heterocycles. The quantitative estimate of drug-likeness (QED) is 0.478. The topological polar surface area (TPSA) is 86.7 Å². The average molecular weight is 254 g/mol. The molecule has 1 unspecified atom stereocenters. The van der Waals surface area contributed by atoms with E-state index in [-0.39, 0.29) is 35.1 Å². The summed E-state index contributed by atoms with van der Waals surface area (Å²) in [6.07, 6.45) is 0. The molecule has 7 heteroatoms. The molecule has 84 valence electrons. The molecule has 0 radical (unpaired) electrons. The molecule has 1 aromatic rings. The van der Waals surface area contributed by atoms with Gasteiger partial charge in [-0.25, -0.2) is 8.42 Å². The number of aliphatic hydroxyl groups is 1. The van der Waals surface area contributed by atoms with Crippen LogP contribution in [0.2, 0.25) is 0 Å². The van der Waals surface area contributed by atoms with E-state index in [2.05, 4.69) is 0 Å². The first kappa shape index (κ1) is 15.9. The zero-order chi connectivity index (χ0) is 11.6. The minimum absolute atomic E-state index is 0. The fraction of sp³-hybridized carbons (Fsp3) is 0.333. The van der Waals surface area contributed by atoms with Gasteiger partial charge >= 0.3 is 29.6 Å². The normalized spacial score (nSPS) is 12.8. The monoisotopic (exact) mass is 254 g/mol. The van der Waals surface area contributed by atoms with Gasteiger partial charge in [0.2, 0.25) is 0 Å². The van der Waals surface area contributed by atoms with E-state index in [1.54, 1.807) is 6.92 Å². The van der Waals surface area contributed by atoms with Crippen molar-refractivity contribution in [3.8, 4) is 5.75 Å². The molecule has 1 rings (SSSR count). The Morgan fingerprint density at radius 2 is 2.00 bits per heavy atom. The number of methoxy groups -OCH3 is 1.